The average molecular weight is 535 g/mol. The molecule has 1 fully saturated rings. The molecule has 1 saturated carbocycles. The van der Waals surface area contributed by atoms with Gasteiger partial charge in [0.2, 0.25) is 11.8 Å². The van der Waals surface area contributed by atoms with Crippen LogP contribution in [0.4, 0.5) is 0 Å². The summed E-state index contributed by atoms with van der Waals surface area (Å²) in [5, 5.41) is 14.4. The fraction of sp³-hybridized carbons (Fsp3) is 0.556. The number of thioether (sulfide) groups is 1. The molecular weight excluding hydrogens is 496 g/mol. The number of benzene rings is 1. The van der Waals surface area contributed by atoms with E-state index in [0.29, 0.717) is 29.1 Å². The van der Waals surface area contributed by atoms with Crippen molar-refractivity contribution in [2.75, 3.05) is 25.7 Å². The number of carbonyl (C=O) groups is 4. The number of ether oxygens (including phenoxy) is 2. The van der Waals surface area contributed by atoms with Crippen LogP contribution in [0.15, 0.2) is 30.0 Å². The zero-order valence-electron chi connectivity index (χ0n) is 22.0. The van der Waals surface area contributed by atoms with Gasteiger partial charge < -0.3 is 25.2 Å². The number of hydrogen-bond acceptors (Lipinski definition) is 7. The van der Waals surface area contributed by atoms with Crippen molar-refractivity contribution < 1.29 is 33.8 Å². The highest BCUT2D eigenvalue weighted by molar-refractivity contribution is 7.99. The molecule has 0 spiro atoms. The largest absolute Gasteiger partial charge is 0.497 e. The lowest BCUT2D eigenvalue weighted by atomic mass is 9.91. The maximum absolute atomic E-state index is 13.1. The van der Waals surface area contributed by atoms with Crippen LogP contribution in [0.2, 0.25) is 0 Å². The topological polar surface area (TPSA) is 131 Å². The van der Waals surface area contributed by atoms with Gasteiger partial charge in [-0.15, -0.1) is 0 Å². The molecule has 0 aromatic heterocycles. The molecule has 0 bridgehead atoms. The number of carboxylic acid groups (broad SMARTS) is 1. The van der Waals surface area contributed by atoms with Crippen LogP contribution in [0.1, 0.15) is 51.5 Å². The van der Waals surface area contributed by atoms with Gasteiger partial charge in [0.05, 0.1) is 38.2 Å². The highest BCUT2D eigenvalue weighted by Gasteiger charge is 2.27. The molecular formula is C27H38N2O7S. The summed E-state index contributed by atoms with van der Waals surface area (Å²) in [6.07, 6.45) is 6.59. The summed E-state index contributed by atoms with van der Waals surface area (Å²) >= 11 is 1.46. The molecule has 2 amide bonds. The quantitative estimate of drug-likeness (QED) is 0.310. The fourth-order valence-corrected chi connectivity index (χ4v) is 5.35. The molecule has 9 nitrogen and oxygen atoms in total. The van der Waals surface area contributed by atoms with Crippen LogP contribution in [-0.2, 0) is 25.6 Å². The predicted octanol–water partition coefficient (Wildman–Crippen LogP) is 3.35. The molecule has 0 saturated heterocycles. The Balaban J connectivity index is 2.03. The Labute approximate surface area is 222 Å². The molecule has 0 unspecified atom stereocenters. The van der Waals surface area contributed by atoms with Gasteiger partial charge in [0.15, 0.2) is 5.78 Å². The minimum Gasteiger partial charge on any atom is -0.497 e. The van der Waals surface area contributed by atoms with Crippen molar-refractivity contribution in [1.82, 2.24) is 10.6 Å². The Morgan fingerprint density at radius 3 is 2.41 bits per heavy atom. The number of rotatable bonds is 14. The average Bonchev–Trinajstić information content (AvgIpc) is 2.86. The lowest BCUT2D eigenvalue weighted by Crippen LogP contribution is -2.50. The first-order chi connectivity index (χ1) is 17.6. The lowest BCUT2D eigenvalue weighted by molar-refractivity contribution is -0.132. The van der Waals surface area contributed by atoms with Gasteiger partial charge in [-0.05, 0) is 48.6 Å². The Morgan fingerprint density at radius 2 is 1.81 bits per heavy atom. The van der Waals surface area contributed by atoms with Crippen molar-refractivity contribution in [1.29, 1.82) is 0 Å². The first-order valence-corrected chi connectivity index (χ1v) is 13.7. The summed E-state index contributed by atoms with van der Waals surface area (Å²) in [5.41, 5.74) is 0.293. The van der Waals surface area contributed by atoms with Crippen molar-refractivity contribution >= 4 is 35.3 Å². The highest BCUT2D eigenvalue weighted by atomic mass is 32.2. The van der Waals surface area contributed by atoms with E-state index in [1.807, 2.05) is 0 Å². The molecule has 1 aromatic rings. The third-order valence-corrected chi connectivity index (χ3v) is 7.42. The number of aliphatic carboxylic acids is 1. The first kappa shape index (κ1) is 30.2. The first-order valence-electron chi connectivity index (χ1n) is 12.5. The number of nitrogens with one attached hydrogen (secondary N) is 2. The van der Waals surface area contributed by atoms with E-state index in [9.17, 15) is 24.3 Å². The Morgan fingerprint density at radius 1 is 1.11 bits per heavy atom. The van der Waals surface area contributed by atoms with E-state index in [4.69, 9.17) is 9.47 Å². The summed E-state index contributed by atoms with van der Waals surface area (Å²) in [7, 11) is 3.01. The molecule has 0 aliphatic heterocycles. The van der Waals surface area contributed by atoms with Crippen LogP contribution in [0, 0.1) is 11.8 Å². The summed E-state index contributed by atoms with van der Waals surface area (Å²) in [6, 6.07) is 4.10. The van der Waals surface area contributed by atoms with Gasteiger partial charge in [0.25, 0.3) is 0 Å². The van der Waals surface area contributed by atoms with Crippen molar-refractivity contribution in [3.8, 4) is 11.5 Å². The molecule has 1 atom stereocenters. The van der Waals surface area contributed by atoms with E-state index >= 15 is 0 Å². The second-order valence-corrected chi connectivity index (χ2v) is 10.5. The van der Waals surface area contributed by atoms with Crippen LogP contribution in [0.25, 0.3) is 0 Å². The van der Waals surface area contributed by atoms with Crippen molar-refractivity contribution in [2.45, 2.75) is 58.4 Å². The van der Waals surface area contributed by atoms with E-state index in [1.165, 1.54) is 45.2 Å². The summed E-state index contributed by atoms with van der Waals surface area (Å²) < 4.78 is 10.5. The van der Waals surface area contributed by atoms with Crippen LogP contribution in [-0.4, -0.2) is 60.4 Å². The highest BCUT2D eigenvalue weighted by Crippen LogP contribution is 2.27. The number of Topliss-reactive ketones (excluding diaryl/α,β-unsaturated/α-hetero) is 1. The Bertz CT molecular complexity index is 987. The zero-order chi connectivity index (χ0) is 27.4. The molecule has 3 N–H and O–H groups in total. The van der Waals surface area contributed by atoms with Crippen LogP contribution >= 0.6 is 11.8 Å². The molecule has 1 aromatic carbocycles. The summed E-state index contributed by atoms with van der Waals surface area (Å²) in [5.74, 6) is -0.674. The molecule has 10 heteroatoms. The maximum Gasteiger partial charge on any atom is 0.330 e. The zero-order valence-corrected chi connectivity index (χ0v) is 22.8. The monoisotopic (exact) mass is 534 g/mol. The normalized spacial score (nSPS) is 15.1. The lowest BCUT2D eigenvalue weighted by Gasteiger charge is -2.23. The Hall–Kier alpha value is -3.01. The molecule has 1 aliphatic carbocycles. The molecule has 37 heavy (non-hydrogen) atoms. The van der Waals surface area contributed by atoms with Crippen LogP contribution in [0.3, 0.4) is 0 Å². The van der Waals surface area contributed by atoms with Gasteiger partial charge in [-0.25, -0.2) is 4.79 Å². The number of allylic oxidation sites excluding steroid dienone is 1. The minimum atomic E-state index is -1.34. The van der Waals surface area contributed by atoms with Crippen molar-refractivity contribution in [3.05, 3.63) is 35.5 Å². The van der Waals surface area contributed by atoms with Gasteiger partial charge in [-0.3, -0.25) is 14.4 Å². The minimum absolute atomic E-state index is 0.0641. The SMILES string of the molecule is COc1ccc(OC)c(CC(=O)N[C@H](C(=O)NC(=CC(=O)O)C(=O)CSCC2CCCCC2)C(C)C)c1. The second-order valence-electron chi connectivity index (χ2n) is 9.47. The van der Waals surface area contributed by atoms with E-state index in [1.54, 1.807) is 32.0 Å². The third-order valence-electron chi connectivity index (χ3n) is 6.24. The molecule has 0 heterocycles. The standard InChI is InChI=1S/C27H38N2O7S/c1-17(2)26(29-24(31)13-19-12-20(35-3)10-11-23(19)36-4)27(34)28-21(14-25(32)33)22(30)16-37-15-18-8-6-5-7-9-18/h10-12,14,17-18,26H,5-9,13,15-16H2,1-4H3,(H,28,34)(H,29,31)(H,32,33)/t26-/m0/s1. The van der Waals surface area contributed by atoms with Gasteiger partial charge in [-0.1, -0.05) is 33.1 Å². The number of ketones is 1. The smallest absolute Gasteiger partial charge is 0.330 e. The van der Waals surface area contributed by atoms with Crippen molar-refractivity contribution in [3.63, 3.8) is 0 Å². The number of hydrogen-bond donors (Lipinski definition) is 3. The fourth-order valence-electron chi connectivity index (χ4n) is 4.22. The Kier molecular flexibility index (Phi) is 12.5. The van der Waals surface area contributed by atoms with E-state index in [2.05, 4.69) is 10.6 Å². The number of carbonyl (C=O) groups excluding carboxylic acids is 3. The van der Waals surface area contributed by atoms with E-state index in [-0.39, 0.29) is 23.8 Å². The van der Waals surface area contributed by atoms with Crippen LogP contribution < -0.4 is 20.1 Å². The number of amides is 2. The van der Waals surface area contributed by atoms with Crippen molar-refractivity contribution in [2.24, 2.45) is 11.8 Å². The summed E-state index contributed by atoms with van der Waals surface area (Å²) in [6.45, 7) is 3.50. The molecule has 204 valence electrons. The number of methoxy groups -OCH3 is 2. The predicted molar refractivity (Wildman–Crippen MR) is 143 cm³/mol. The maximum atomic E-state index is 13.1. The van der Waals surface area contributed by atoms with E-state index in [0.717, 1.165) is 18.6 Å². The van der Waals surface area contributed by atoms with Gasteiger partial charge >= 0.3 is 5.97 Å². The molecule has 2 rings (SSSR count). The van der Waals surface area contributed by atoms with Gasteiger partial charge in [-0.2, -0.15) is 11.8 Å². The second kappa shape index (κ2) is 15.3. The summed E-state index contributed by atoms with van der Waals surface area (Å²) in [4.78, 5) is 50.0. The third kappa shape index (κ3) is 10.1. The van der Waals surface area contributed by atoms with Gasteiger partial charge in [0.1, 0.15) is 17.5 Å². The van der Waals surface area contributed by atoms with Gasteiger partial charge in [0, 0.05) is 5.56 Å². The number of carboxylic acids is 1. The molecule has 0 radical (unpaired) electrons. The van der Waals surface area contributed by atoms with E-state index < -0.39 is 29.6 Å². The van der Waals surface area contributed by atoms with Crippen LogP contribution in [0.5, 0.6) is 11.5 Å². The molecule has 1 aliphatic rings.